The van der Waals surface area contributed by atoms with Crippen LogP contribution in [0.15, 0.2) is 6.07 Å². The Morgan fingerprint density at radius 2 is 1.63 bits per heavy atom. The molecule has 3 rings (SSSR count). The molecule has 0 bridgehead atoms. The number of aryl methyl sites for hydroxylation is 2. The monoisotopic (exact) mass is 368 g/mol. The van der Waals surface area contributed by atoms with Gasteiger partial charge in [-0.15, -0.1) is 0 Å². The molecule has 0 spiro atoms. The van der Waals surface area contributed by atoms with Crippen LogP contribution in [-0.4, -0.2) is 18.9 Å². The van der Waals surface area contributed by atoms with E-state index in [0.717, 1.165) is 34.1 Å². The highest BCUT2D eigenvalue weighted by Gasteiger charge is 2.32. The van der Waals surface area contributed by atoms with E-state index in [0.29, 0.717) is 35.8 Å². The van der Waals surface area contributed by atoms with Crippen molar-refractivity contribution in [3.05, 3.63) is 50.6 Å². The summed E-state index contributed by atoms with van der Waals surface area (Å²) in [4.78, 5) is 24.6. The maximum Gasteiger partial charge on any atom is 0.347 e. The van der Waals surface area contributed by atoms with E-state index in [4.69, 9.17) is 14.2 Å². The van der Waals surface area contributed by atoms with Gasteiger partial charge in [-0.1, -0.05) is 6.07 Å². The van der Waals surface area contributed by atoms with Crippen molar-refractivity contribution in [2.75, 3.05) is 6.61 Å². The summed E-state index contributed by atoms with van der Waals surface area (Å²) in [6.07, 6.45) is 0.726. The van der Waals surface area contributed by atoms with Crippen LogP contribution in [0.5, 0.6) is 17.2 Å². The number of ether oxygens (including phenoxy) is 3. The first-order valence-electron chi connectivity index (χ1n) is 9.01. The lowest BCUT2D eigenvalue weighted by molar-refractivity contribution is 0.0727. The Morgan fingerprint density at radius 1 is 0.926 bits per heavy atom. The van der Waals surface area contributed by atoms with E-state index in [9.17, 15) is 9.59 Å². The van der Waals surface area contributed by atoms with Crippen molar-refractivity contribution in [3.63, 3.8) is 0 Å². The smallest absolute Gasteiger partial charge is 0.347 e. The number of benzene rings is 2. The lowest BCUT2D eigenvalue weighted by Gasteiger charge is -2.20. The molecule has 0 unspecified atom stereocenters. The third kappa shape index (κ3) is 3.02. The standard InChI is InChI=1S/C22H24O5/c1-7-25-10-17-14(5)13(4)15(6)19-21(17)27-22(24)18-12(3)8-11(2)16(9-23)20(18)26-19/h8-9H,7,10H2,1-6H3. The molecule has 1 heterocycles. The van der Waals surface area contributed by atoms with Gasteiger partial charge in [-0.25, -0.2) is 4.79 Å². The van der Waals surface area contributed by atoms with Crippen LogP contribution >= 0.6 is 0 Å². The zero-order valence-electron chi connectivity index (χ0n) is 16.6. The fourth-order valence-corrected chi connectivity index (χ4v) is 3.48. The molecule has 5 heteroatoms. The average Bonchev–Trinajstić information content (AvgIpc) is 2.77. The van der Waals surface area contributed by atoms with Gasteiger partial charge in [0, 0.05) is 12.2 Å². The fourth-order valence-electron chi connectivity index (χ4n) is 3.48. The lowest BCUT2D eigenvalue weighted by atomic mass is 9.96. The molecular weight excluding hydrogens is 344 g/mol. The first-order valence-corrected chi connectivity index (χ1v) is 9.01. The SMILES string of the molecule is CCOCc1c(C)c(C)c(C)c2c1OC(=O)c1c(C)cc(C)c(C=O)c1O2. The minimum absolute atomic E-state index is 0.264. The summed E-state index contributed by atoms with van der Waals surface area (Å²) in [6, 6.07) is 1.80. The molecular formula is C22H24O5. The molecule has 0 radical (unpaired) electrons. The summed E-state index contributed by atoms with van der Waals surface area (Å²) < 4.78 is 17.6. The average molecular weight is 368 g/mol. The number of esters is 1. The molecule has 1 aliphatic rings. The van der Waals surface area contributed by atoms with Gasteiger partial charge in [-0.05, 0) is 69.4 Å². The molecule has 0 amide bonds. The third-order valence-electron chi connectivity index (χ3n) is 5.29. The van der Waals surface area contributed by atoms with E-state index in [1.165, 1.54) is 0 Å². The number of aldehydes is 1. The second kappa shape index (κ2) is 7.16. The Bertz CT molecular complexity index is 956. The van der Waals surface area contributed by atoms with E-state index in [1.807, 2.05) is 41.5 Å². The molecule has 1 aliphatic heterocycles. The Morgan fingerprint density at radius 3 is 2.26 bits per heavy atom. The summed E-state index contributed by atoms with van der Waals surface area (Å²) in [6.45, 7) is 12.3. The number of fused-ring (bicyclic) bond motifs is 2. The topological polar surface area (TPSA) is 61.8 Å². The Kier molecular flexibility index (Phi) is 5.07. The molecule has 0 saturated carbocycles. The largest absolute Gasteiger partial charge is 0.451 e. The molecule has 0 saturated heterocycles. The van der Waals surface area contributed by atoms with E-state index in [2.05, 4.69) is 0 Å². The van der Waals surface area contributed by atoms with Crippen molar-refractivity contribution in [2.24, 2.45) is 0 Å². The van der Waals surface area contributed by atoms with Gasteiger partial charge in [0.15, 0.2) is 23.5 Å². The van der Waals surface area contributed by atoms with Crippen molar-refractivity contribution >= 4 is 12.3 Å². The molecule has 0 aromatic heterocycles. The Hall–Kier alpha value is -2.66. The fraction of sp³-hybridized carbons (Fsp3) is 0.364. The molecule has 27 heavy (non-hydrogen) atoms. The van der Waals surface area contributed by atoms with Gasteiger partial charge in [0.1, 0.15) is 5.56 Å². The molecule has 0 aliphatic carbocycles. The number of hydrogen-bond acceptors (Lipinski definition) is 5. The van der Waals surface area contributed by atoms with Crippen LogP contribution < -0.4 is 9.47 Å². The summed E-state index contributed by atoms with van der Waals surface area (Å²) in [5.41, 5.74) is 5.83. The molecule has 2 aromatic carbocycles. The van der Waals surface area contributed by atoms with Crippen LogP contribution in [0.25, 0.3) is 0 Å². The highest BCUT2D eigenvalue weighted by atomic mass is 16.6. The number of hydrogen-bond donors (Lipinski definition) is 0. The maximum absolute atomic E-state index is 12.9. The normalized spacial score (nSPS) is 12.6. The van der Waals surface area contributed by atoms with Crippen molar-refractivity contribution in [1.29, 1.82) is 0 Å². The lowest BCUT2D eigenvalue weighted by Crippen LogP contribution is -2.12. The van der Waals surface area contributed by atoms with Crippen molar-refractivity contribution < 1.29 is 23.8 Å². The molecule has 2 aromatic rings. The summed E-state index contributed by atoms with van der Waals surface area (Å²) in [5.74, 6) is 0.580. The highest BCUT2D eigenvalue weighted by molar-refractivity contribution is 6.01. The molecule has 5 nitrogen and oxygen atoms in total. The van der Waals surface area contributed by atoms with Crippen molar-refractivity contribution in [2.45, 2.75) is 48.1 Å². The van der Waals surface area contributed by atoms with Crippen molar-refractivity contribution in [3.8, 4) is 17.2 Å². The summed E-state index contributed by atoms with van der Waals surface area (Å²) in [7, 11) is 0. The van der Waals surface area contributed by atoms with E-state index >= 15 is 0 Å². The molecule has 0 N–H and O–H groups in total. The predicted molar refractivity (Wildman–Crippen MR) is 102 cm³/mol. The van der Waals surface area contributed by atoms with Crippen LogP contribution in [0.1, 0.15) is 61.0 Å². The van der Waals surface area contributed by atoms with E-state index in [-0.39, 0.29) is 11.3 Å². The highest BCUT2D eigenvalue weighted by Crippen LogP contribution is 2.47. The zero-order valence-corrected chi connectivity index (χ0v) is 16.6. The van der Waals surface area contributed by atoms with Crippen LogP contribution in [0.2, 0.25) is 0 Å². The molecule has 142 valence electrons. The van der Waals surface area contributed by atoms with Gasteiger partial charge in [0.2, 0.25) is 0 Å². The number of carbonyl (C=O) groups is 2. The third-order valence-corrected chi connectivity index (χ3v) is 5.29. The molecule has 0 atom stereocenters. The van der Waals surface area contributed by atoms with Gasteiger partial charge in [0.05, 0.1) is 12.2 Å². The predicted octanol–water partition coefficient (Wildman–Crippen LogP) is 4.90. The van der Waals surface area contributed by atoms with Crippen molar-refractivity contribution in [1.82, 2.24) is 0 Å². The van der Waals surface area contributed by atoms with Gasteiger partial charge in [-0.2, -0.15) is 0 Å². The van der Waals surface area contributed by atoms with Gasteiger partial charge in [0.25, 0.3) is 0 Å². The Balaban J connectivity index is 2.33. The second-order valence-corrected chi connectivity index (χ2v) is 6.89. The Labute approximate surface area is 159 Å². The van der Waals surface area contributed by atoms with Crippen LogP contribution in [0.4, 0.5) is 0 Å². The van der Waals surface area contributed by atoms with Crippen LogP contribution in [0.3, 0.4) is 0 Å². The summed E-state index contributed by atoms with van der Waals surface area (Å²) in [5, 5.41) is 0. The van der Waals surface area contributed by atoms with Gasteiger partial charge < -0.3 is 14.2 Å². The first kappa shape index (κ1) is 19.1. The first-order chi connectivity index (χ1) is 12.8. The number of rotatable bonds is 4. The van der Waals surface area contributed by atoms with Gasteiger partial charge in [-0.3, -0.25) is 4.79 Å². The van der Waals surface area contributed by atoms with Crippen LogP contribution in [-0.2, 0) is 11.3 Å². The second-order valence-electron chi connectivity index (χ2n) is 6.89. The maximum atomic E-state index is 12.9. The summed E-state index contributed by atoms with van der Waals surface area (Å²) >= 11 is 0. The quantitative estimate of drug-likeness (QED) is 0.436. The van der Waals surface area contributed by atoms with E-state index < -0.39 is 5.97 Å². The van der Waals surface area contributed by atoms with Gasteiger partial charge >= 0.3 is 5.97 Å². The molecule has 0 fully saturated rings. The van der Waals surface area contributed by atoms with E-state index in [1.54, 1.807) is 6.07 Å². The van der Waals surface area contributed by atoms with Crippen LogP contribution in [0, 0.1) is 34.6 Å². The minimum Gasteiger partial charge on any atom is -0.451 e. The minimum atomic E-state index is -0.523. The number of carbonyl (C=O) groups excluding carboxylic acids is 2. The zero-order chi connectivity index (χ0) is 19.9.